The summed E-state index contributed by atoms with van der Waals surface area (Å²) in [4.78, 5) is 61.0. The highest BCUT2D eigenvalue weighted by Crippen LogP contribution is 2.56. The molecule has 10 heteroatoms. The Labute approximate surface area is 277 Å². The molecule has 3 aliphatic carbocycles. The molecule has 2 heterocycles. The monoisotopic (exact) mass is 690 g/mol. The Morgan fingerprint density at radius 3 is 2.55 bits per heavy atom. The molecule has 8 rings (SSSR count). The maximum absolute atomic E-state index is 14.3. The largest absolute Gasteiger partial charge is 0.504 e. The third-order valence-corrected chi connectivity index (χ3v) is 10.2. The fourth-order valence-electron chi connectivity index (χ4n) is 7.57. The molecule has 9 nitrogen and oxygen atoms in total. The molecule has 1 N–H and O–H groups in total. The molecule has 0 unspecified atom stereocenters. The minimum atomic E-state index is -0.716. The zero-order valence-electron chi connectivity index (χ0n) is 25.1. The van der Waals surface area contributed by atoms with Gasteiger partial charge in [-0.1, -0.05) is 29.8 Å². The fraction of sp³-hybridized carbons (Fsp3) is 0.216. The number of carbonyl (C=O) groups excluding carboxylic acids is 4. The first-order valence-corrected chi connectivity index (χ1v) is 16.2. The van der Waals surface area contributed by atoms with Gasteiger partial charge in [-0.2, -0.15) is 0 Å². The minimum Gasteiger partial charge on any atom is -0.504 e. The molecule has 47 heavy (non-hydrogen) atoms. The SMILES string of the molecule is CCOc1cc([C@H]2C3=CC[C@@H]4C(=O)N(c5ccc(-c6nc7ccccc7o6)cc5)C(=O)[C@@H]4[C@@H]3CC3=C2C(=O)C=C(Br)C3=O)ccc1O. The molecule has 0 saturated carbocycles. The molecular weight excluding hydrogens is 664 g/mol. The van der Waals surface area contributed by atoms with Crippen molar-refractivity contribution in [3.63, 3.8) is 0 Å². The lowest BCUT2D eigenvalue weighted by molar-refractivity contribution is -0.123. The highest BCUT2D eigenvalue weighted by atomic mass is 79.9. The van der Waals surface area contributed by atoms with Gasteiger partial charge in [-0.3, -0.25) is 24.1 Å². The smallest absolute Gasteiger partial charge is 0.238 e. The number of carbonyl (C=O) groups is 4. The van der Waals surface area contributed by atoms with E-state index in [-0.39, 0.29) is 45.8 Å². The zero-order valence-corrected chi connectivity index (χ0v) is 26.7. The molecule has 2 amide bonds. The Kier molecular flexibility index (Phi) is 6.87. The first-order chi connectivity index (χ1) is 22.7. The number of rotatable bonds is 5. The van der Waals surface area contributed by atoms with E-state index in [1.54, 1.807) is 43.3 Å². The molecule has 4 atom stereocenters. The van der Waals surface area contributed by atoms with Crippen LogP contribution in [0, 0.1) is 17.8 Å². The van der Waals surface area contributed by atoms with Crippen LogP contribution in [0.1, 0.15) is 31.2 Å². The molecule has 0 radical (unpaired) electrons. The summed E-state index contributed by atoms with van der Waals surface area (Å²) in [6.07, 6.45) is 3.73. The van der Waals surface area contributed by atoms with Crippen LogP contribution in [0.2, 0.25) is 0 Å². The third-order valence-electron chi connectivity index (χ3n) is 9.61. The van der Waals surface area contributed by atoms with Crippen molar-refractivity contribution >= 4 is 56.1 Å². The van der Waals surface area contributed by atoms with Crippen LogP contribution in [0.4, 0.5) is 5.69 Å². The first kappa shape index (κ1) is 29.3. The predicted octanol–water partition coefficient (Wildman–Crippen LogP) is 6.57. The number of hydrogen-bond acceptors (Lipinski definition) is 8. The van der Waals surface area contributed by atoms with Gasteiger partial charge in [-0.25, -0.2) is 4.98 Å². The number of oxazole rings is 1. The molecule has 0 bridgehead atoms. The van der Waals surface area contributed by atoms with Crippen LogP contribution < -0.4 is 9.64 Å². The van der Waals surface area contributed by atoms with Crippen LogP contribution in [0.25, 0.3) is 22.6 Å². The number of anilines is 1. The van der Waals surface area contributed by atoms with Crippen LogP contribution >= 0.6 is 15.9 Å². The second kappa shape index (κ2) is 11.0. The van der Waals surface area contributed by atoms with E-state index in [9.17, 15) is 24.3 Å². The molecular formula is C37H27BrN2O7. The van der Waals surface area contributed by atoms with Crippen molar-refractivity contribution < 1.29 is 33.4 Å². The fourth-order valence-corrected chi connectivity index (χ4v) is 8.02. The Morgan fingerprint density at radius 2 is 1.79 bits per heavy atom. The van der Waals surface area contributed by atoms with Gasteiger partial charge < -0.3 is 14.3 Å². The number of hydrogen-bond donors (Lipinski definition) is 1. The van der Waals surface area contributed by atoms with Crippen LogP contribution in [-0.4, -0.2) is 40.1 Å². The number of phenolic OH excluding ortho intramolecular Hbond substituents is 1. The summed E-state index contributed by atoms with van der Waals surface area (Å²) in [5.74, 6) is -3.04. The molecule has 1 saturated heterocycles. The van der Waals surface area contributed by atoms with E-state index in [4.69, 9.17) is 9.15 Å². The number of ether oxygens (including phenoxy) is 1. The Balaban J connectivity index is 1.16. The van der Waals surface area contributed by atoms with E-state index < -0.39 is 23.7 Å². The molecule has 3 aromatic carbocycles. The third kappa shape index (κ3) is 4.53. The molecule has 4 aliphatic rings. The number of halogens is 1. The van der Waals surface area contributed by atoms with Gasteiger partial charge in [0.2, 0.25) is 17.7 Å². The minimum absolute atomic E-state index is 0.0436. The average molecular weight is 692 g/mol. The number of allylic oxidation sites excluding steroid dienone is 6. The van der Waals surface area contributed by atoms with Crippen LogP contribution in [-0.2, 0) is 19.2 Å². The quantitative estimate of drug-likeness (QED) is 0.142. The van der Waals surface area contributed by atoms with Crippen molar-refractivity contribution in [3.8, 4) is 23.0 Å². The number of amides is 2. The zero-order chi connectivity index (χ0) is 32.6. The van der Waals surface area contributed by atoms with Crippen LogP contribution in [0.15, 0.2) is 105 Å². The van der Waals surface area contributed by atoms with E-state index in [2.05, 4.69) is 20.9 Å². The Bertz CT molecular complexity index is 2110. The summed E-state index contributed by atoms with van der Waals surface area (Å²) in [5.41, 5.74) is 4.71. The molecule has 1 fully saturated rings. The van der Waals surface area contributed by atoms with Gasteiger partial charge in [0.15, 0.2) is 28.6 Å². The number of para-hydroxylation sites is 2. The summed E-state index contributed by atoms with van der Waals surface area (Å²) >= 11 is 3.26. The van der Waals surface area contributed by atoms with Crippen molar-refractivity contribution in [1.82, 2.24) is 4.98 Å². The maximum atomic E-state index is 14.3. The molecule has 234 valence electrons. The summed E-state index contributed by atoms with van der Waals surface area (Å²) in [7, 11) is 0. The van der Waals surface area contributed by atoms with Gasteiger partial charge >= 0.3 is 0 Å². The van der Waals surface area contributed by atoms with Gasteiger partial charge in [-0.05, 0) is 95.7 Å². The molecule has 1 aliphatic heterocycles. The van der Waals surface area contributed by atoms with Crippen molar-refractivity contribution in [2.24, 2.45) is 17.8 Å². The number of aromatic nitrogens is 1. The summed E-state index contributed by atoms with van der Waals surface area (Å²) < 4.78 is 11.7. The number of imide groups is 1. The average Bonchev–Trinajstić information content (AvgIpc) is 3.62. The first-order valence-electron chi connectivity index (χ1n) is 15.4. The summed E-state index contributed by atoms with van der Waals surface area (Å²) in [6, 6.07) is 19.3. The van der Waals surface area contributed by atoms with Gasteiger partial charge in [0, 0.05) is 28.7 Å². The van der Waals surface area contributed by atoms with Crippen molar-refractivity contribution in [1.29, 1.82) is 0 Å². The number of phenols is 1. The lowest BCUT2D eigenvalue weighted by Crippen LogP contribution is -2.39. The van der Waals surface area contributed by atoms with E-state index in [0.717, 1.165) is 11.1 Å². The van der Waals surface area contributed by atoms with E-state index in [0.29, 0.717) is 52.5 Å². The summed E-state index contributed by atoms with van der Waals surface area (Å²) in [6.45, 7) is 2.12. The number of fused-ring (bicyclic) bond motifs is 4. The lowest BCUT2D eigenvalue weighted by atomic mass is 9.59. The van der Waals surface area contributed by atoms with E-state index in [1.165, 1.54) is 17.0 Å². The second-order valence-corrected chi connectivity index (χ2v) is 13.0. The highest BCUT2D eigenvalue weighted by molar-refractivity contribution is 9.12. The number of Topliss-reactive ketones (excluding diaryl/α,β-unsaturated/α-hetero) is 1. The summed E-state index contributed by atoms with van der Waals surface area (Å²) in [5, 5.41) is 10.4. The van der Waals surface area contributed by atoms with Crippen molar-refractivity contribution in [2.45, 2.75) is 25.7 Å². The number of nitrogens with zero attached hydrogens (tertiary/aromatic N) is 2. The standard InChI is InChI=1S/C37H27BrN2O7/c1-2-46-30-15-19(9-14-27(30)41)31-21-12-13-22-32(23(21)16-24-33(31)28(42)17-25(38)34(24)43)37(45)40(36(22)44)20-10-7-18(8-11-20)35-39-26-5-3-4-6-29(26)47-35/h3-12,14-15,17,22-23,31-32,41H,2,13,16H2,1H3/t22-,23+,31-,32-/m0/s1. The maximum Gasteiger partial charge on any atom is 0.238 e. The van der Waals surface area contributed by atoms with Gasteiger partial charge in [-0.15, -0.1) is 0 Å². The van der Waals surface area contributed by atoms with Gasteiger partial charge in [0.25, 0.3) is 0 Å². The van der Waals surface area contributed by atoms with Crippen molar-refractivity contribution in [3.05, 3.63) is 106 Å². The topological polar surface area (TPSA) is 127 Å². The van der Waals surface area contributed by atoms with E-state index >= 15 is 0 Å². The normalized spacial score (nSPS) is 23.8. The predicted molar refractivity (Wildman–Crippen MR) is 176 cm³/mol. The van der Waals surface area contributed by atoms with E-state index in [1.807, 2.05) is 30.3 Å². The molecule has 1 aromatic heterocycles. The Hall–Kier alpha value is -5.09. The number of aromatic hydroxyl groups is 1. The molecule has 4 aromatic rings. The lowest BCUT2D eigenvalue weighted by Gasteiger charge is -2.42. The van der Waals surface area contributed by atoms with Gasteiger partial charge in [0.1, 0.15) is 5.52 Å². The van der Waals surface area contributed by atoms with Crippen LogP contribution in [0.5, 0.6) is 11.5 Å². The van der Waals surface area contributed by atoms with Crippen molar-refractivity contribution in [2.75, 3.05) is 11.5 Å². The second-order valence-electron chi connectivity index (χ2n) is 12.1. The Morgan fingerprint density at radius 1 is 1.00 bits per heavy atom. The van der Waals surface area contributed by atoms with Crippen LogP contribution in [0.3, 0.4) is 0 Å². The number of benzene rings is 3. The highest BCUT2D eigenvalue weighted by Gasteiger charge is 2.56. The van der Waals surface area contributed by atoms with Gasteiger partial charge in [0.05, 0.1) is 28.6 Å². The molecule has 0 spiro atoms. The number of ketones is 2.